The highest BCUT2D eigenvalue weighted by atomic mass is 16.7. The van der Waals surface area contributed by atoms with E-state index in [0.29, 0.717) is 19.6 Å². The summed E-state index contributed by atoms with van der Waals surface area (Å²) in [5.41, 5.74) is 5.41. The molecule has 0 amide bonds. The van der Waals surface area contributed by atoms with Gasteiger partial charge >= 0.3 is 0 Å². The van der Waals surface area contributed by atoms with Gasteiger partial charge in [-0.2, -0.15) is 4.91 Å². The van der Waals surface area contributed by atoms with Gasteiger partial charge in [-0.15, -0.1) is 0 Å². The Balaban J connectivity index is 2.05. The summed E-state index contributed by atoms with van der Waals surface area (Å²) in [6, 6.07) is -0.353. The molecule has 74 valence electrons. The third kappa shape index (κ3) is 1.71. The van der Waals surface area contributed by atoms with Gasteiger partial charge < -0.3 is 14.2 Å². The number of nitroso groups, excluding NO2 is 1. The molecule has 2 aliphatic rings. The molecule has 0 bridgehead atoms. The Labute approximate surface area is 75.3 Å². The van der Waals surface area contributed by atoms with Gasteiger partial charge in [0.2, 0.25) is 6.41 Å². The fourth-order valence-corrected chi connectivity index (χ4v) is 1.66. The van der Waals surface area contributed by atoms with Crippen molar-refractivity contribution in [2.75, 3.05) is 13.2 Å². The minimum Gasteiger partial charge on any atom is -0.373 e. The average Bonchev–Trinajstić information content (AvgIpc) is 2.17. The third-order valence-corrected chi connectivity index (χ3v) is 2.34. The third-order valence-electron chi connectivity index (χ3n) is 2.34. The molecule has 4 unspecified atom stereocenters. The second-order valence-corrected chi connectivity index (χ2v) is 3.17. The van der Waals surface area contributed by atoms with Gasteiger partial charge in [-0.05, 0) is 6.42 Å². The zero-order chi connectivity index (χ0) is 9.26. The van der Waals surface area contributed by atoms with E-state index in [-0.39, 0.29) is 18.2 Å². The topological polar surface area (TPSA) is 83.1 Å². The summed E-state index contributed by atoms with van der Waals surface area (Å²) in [5.74, 6) is 0. The molecule has 13 heavy (non-hydrogen) atoms. The minimum absolute atomic E-state index is 0.198. The first-order chi connectivity index (χ1) is 6.31. The second kappa shape index (κ2) is 3.67. The minimum atomic E-state index is -0.757. The Morgan fingerprint density at radius 2 is 2.23 bits per heavy atom. The summed E-state index contributed by atoms with van der Waals surface area (Å²) >= 11 is 0. The first-order valence-electron chi connectivity index (χ1n) is 4.28. The molecule has 2 aliphatic heterocycles. The summed E-state index contributed by atoms with van der Waals surface area (Å²) in [5, 5.41) is 3.00. The summed E-state index contributed by atoms with van der Waals surface area (Å²) in [6.45, 7) is 0.900. The maximum absolute atomic E-state index is 10.5. The van der Waals surface area contributed by atoms with Gasteiger partial charge in [0.1, 0.15) is 18.2 Å². The largest absolute Gasteiger partial charge is 0.373 e. The fourth-order valence-electron chi connectivity index (χ4n) is 1.66. The van der Waals surface area contributed by atoms with Crippen molar-refractivity contribution in [3.8, 4) is 0 Å². The van der Waals surface area contributed by atoms with Crippen LogP contribution in [-0.4, -0.2) is 37.9 Å². The van der Waals surface area contributed by atoms with Crippen molar-refractivity contribution in [1.82, 2.24) is 0 Å². The van der Waals surface area contributed by atoms with E-state index in [1.807, 2.05) is 0 Å². The van der Waals surface area contributed by atoms with Gasteiger partial charge in [0, 0.05) is 6.61 Å². The van der Waals surface area contributed by atoms with E-state index in [1.165, 1.54) is 0 Å². The number of ether oxygens (including phenoxy) is 3. The molecular formula is C7H12N2O4. The Morgan fingerprint density at radius 1 is 1.38 bits per heavy atom. The van der Waals surface area contributed by atoms with Crippen LogP contribution in [0.3, 0.4) is 0 Å². The maximum atomic E-state index is 10.5. The predicted octanol–water partition coefficient (Wildman–Crippen LogP) is -0.432. The van der Waals surface area contributed by atoms with E-state index >= 15 is 0 Å². The quantitative estimate of drug-likeness (QED) is 0.564. The summed E-state index contributed by atoms with van der Waals surface area (Å²) in [7, 11) is 0. The highest BCUT2D eigenvalue weighted by molar-refractivity contribution is 4.89. The molecule has 0 aliphatic carbocycles. The maximum Gasteiger partial charge on any atom is 0.213 e. The number of nitrogens with zero attached hydrogens (tertiary/aromatic N) is 1. The number of fused-ring (bicyclic) bond motifs is 1. The molecule has 0 aromatic heterocycles. The van der Waals surface area contributed by atoms with Gasteiger partial charge in [0.05, 0.1) is 6.61 Å². The van der Waals surface area contributed by atoms with E-state index in [4.69, 9.17) is 19.9 Å². The molecule has 4 atom stereocenters. The van der Waals surface area contributed by atoms with Crippen molar-refractivity contribution in [2.24, 2.45) is 10.9 Å². The lowest BCUT2D eigenvalue weighted by molar-refractivity contribution is -0.274. The first-order valence-corrected chi connectivity index (χ1v) is 4.28. The number of rotatable bonds is 1. The van der Waals surface area contributed by atoms with Gasteiger partial charge in [-0.1, -0.05) is 5.18 Å². The van der Waals surface area contributed by atoms with E-state index in [9.17, 15) is 4.91 Å². The average molecular weight is 188 g/mol. The molecule has 2 fully saturated rings. The molecule has 2 rings (SSSR count). The Morgan fingerprint density at radius 3 is 3.00 bits per heavy atom. The smallest absolute Gasteiger partial charge is 0.213 e. The van der Waals surface area contributed by atoms with Gasteiger partial charge in [0.25, 0.3) is 0 Å². The van der Waals surface area contributed by atoms with Crippen molar-refractivity contribution in [3.05, 3.63) is 4.91 Å². The molecule has 6 nitrogen and oxygen atoms in total. The molecule has 0 aromatic carbocycles. The van der Waals surface area contributed by atoms with Crippen LogP contribution in [0.25, 0.3) is 0 Å². The lowest BCUT2D eigenvalue weighted by atomic mass is 10.0. The van der Waals surface area contributed by atoms with Crippen molar-refractivity contribution in [1.29, 1.82) is 0 Å². The van der Waals surface area contributed by atoms with Gasteiger partial charge in [-0.3, -0.25) is 5.73 Å². The van der Waals surface area contributed by atoms with Crippen LogP contribution in [0.1, 0.15) is 6.42 Å². The summed E-state index contributed by atoms with van der Waals surface area (Å²) in [4.78, 5) is 10.5. The highest BCUT2D eigenvalue weighted by Crippen LogP contribution is 2.24. The van der Waals surface area contributed by atoms with Crippen LogP contribution in [-0.2, 0) is 14.2 Å². The Bertz CT molecular complexity index is 201. The van der Waals surface area contributed by atoms with Crippen molar-refractivity contribution in [3.63, 3.8) is 0 Å². The molecular weight excluding hydrogens is 176 g/mol. The van der Waals surface area contributed by atoms with E-state index < -0.39 is 6.41 Å². The Hall–Kier alpha value is -0.560. The zero-order valence-electron chi connectivity index (χ0n) is 7.09. The van der Waals surface area contributed by atoms with Crippen LogP contribution in [0.4, 0.5) is 0 Å². The van der Waals surface area contributed by atoms with Crippen molar-refractivity contribution >= 4 is 0 Å². The molecule has 0 radical (unpaired) electrons. The van der Waals surface area contributed by atoms with E-state index in [2.05, 4.69) is 5.18 Å². The lowest BCUT2D eigenvalue weighted by Gasteiger charge is -2.39. The van der Waals surface area contributed by atoms with Crippen molar-refractivity contribution in [2.45, 2.75) is 31.1 Å². The van der Waals surface area contributed by atoms with Crippen LogP contribution in [0.2, 0.25) is 0 Å². The summed E-state index contributed by atoms with van der Waals surface area (Å²) in [6.07, 6.45) is -0.698. The number of hydrogen-bond donors (Lipinski definition) is 1. The fraction of sp³-hybridized carbons (Fsp3) is 1.00. The monoisotopic (exact) mass is 188 g/mol. The van der Waals surface area contributed by atoms with Crippen LogP contribution >= 0.6 is 0 Å². The van der Waals surface area contributed by atoms with E-state index in [0.717, 1.165) is 0 Å². The summed E-state index contributed by atoms with van der Waals surface area (Å²) < 4.78 is 15.6. The lowest BCUT2D eigenvalue weighted by Crippen LogP contribution is -2.55. The number of nitrogens with two attached hydrogens (primary N) is 1. The number of hydrogen-bond acceptors (Lipinski definition) is 6. The second-order valence-electron chi connectivity index (χ2n) is 3.17. The molecule has 2 N–H and O–H groups in total. The molecule has 0 spiro atoms. The molecule has 0 aromatic rings. The first kappa shape index (κ1) is 9.01. The normalized spacial score (nSPS) is 45.3. The van der Waals surface area contributed by atoms with Gasteiger partial charge in [-0.25, -0.2) is 0 Å². The SMILES string of the molecule is NC1OCC2OCCC(N=O)C2O1. The molecule has 0 saturated carbocycles. The standard InChI is InChI=1S/C7H12N2O4/c8-7-12-3-5-6(13-7)4(9-10)1-2-11-5/h4-7H,1-3,8H2. The molecule has 6 heteroatoms. The van der Waals surface area contributed by atoms with Crippen LogP contribution in [0.15, 0.2) is 5.18 Å². The zero-order valence-corrected chi connectivity index (χ0v) is 7.09. The Kier molecular flexibility index (Phi) is 2.54. The van der Waals surface area contributed by atoms with Crippen LogP contribution in [0.5, 0.6) is 0 Å². The van der Waals surface area contributed by atoms with Gasteiger partial charge in [0.15, 0.2) is 0 Å². The van der Waals surface area contributed by atoms with E-state index in [1.54, 1.807) is 0 Å². The molecule has 2 heterocycles. The van der Waals surface area contributed by atoms with Crippen LogP contribution in [0, 0.1) is 4.91 Å². The molecule has 2 saturated heterocycles. The van der Waals surface area contributed by atoms with Crippen molar-refractivity contribution < 1.29 is 14.2 Å². The van der Waals surface area contributed by atoms with Crippen LogP contribution < -0.4 is 5.73 Å². The highest BCUT2D eigenvalue weighted by Gasteiger charge is 2.40. The predicted molar refractivity (Wildman–Crippen MR) is 42.7 cm³/mol.